The minimum atomic E-state index is -3.79. The SMILES string of the molecule is NS(=O)(=O)c1ccc2c(c1)NC(=O)c1ccccc1S2. The zero-order chi connectivity index (χ0) is 14.3. The lowest BCUT2D eigenvalue weighted by Gasteiger charge is -2.07. The van der Waals surface area contributed by atoms with Gasteiger partial charge in [0, 0.05) is 9.79 Å². The second-order valence-electron chi connectivity index (χ2n) is 4.26. The number of carbonyl (C=O) groups is 1. The summed E-state index contributed by atoms with van der Waals surface area (Å²) < 4.78 is 22.7. The van der Waals surface area contributed by atoms with Gasteiger partial charge in [-0.15, -0.1) is 0 Å². The number of hydrogen-bond donors (Lipinski definition) is 2. The van der Waals surface area contributed by atoms with E-state index in [9.17, 15) is 13.2 Å². The molecule has 1 aliphatic rings. The van der Waals surface area contributed by atoms with E-state index < -0.39 is 10.0 Å². The maximum Gasteiger partial charge on any atom is 0.256 e. The third kappa shape index (κ3) is 2.31. The predicted octanol–water partition coefficient (Wildman–Crippen LogP) is 2.05. The van der Waals surface area contributed by atoms with Gasteiger partial charge in [-0.05, 0) is 30.3 Å². The van der Waals surface area contributed by atoms with Gasteiger partial charge in [-0.3, -0.25) is 4.79 Å². The molecule has 1 amide bonds. The normalized spacial score (nSPS) is 13.9. The number of nitrogens with two attached hydrogens (primary N) is 1. The Bertz CT molecular complexity index is 816. The molecule has 1 heterocycles. The zero-order valence-corrected chi connectivity index (χ0v) is 11.8. The van der Waals surface area contributed by atoms with E-state index in [1.165, 1.54) is 23.9 Å². The van der Waals surface area contributed by atoms with Gasteiger partial charge in [0.1, 0.15) is 0 Å². The molecule has 0 saturated carbocycles. The number of amides is 1. The van der Waals surface area contributed by atoms with Crippen molar-refractivity contribution in [2.75, 3.05) is 5.32 Å². The number of rotatable bonds is 1. The Labute approximate surface area is 120 Å². The van der Waals surface area contributed by atoms with Gasteiger partial charge in [0.25, 0.3) is 5.91 Å². The zero-order valence-electron chi connectivity index (χ0n) is 10.2. The number of fused-ring (bicyclic) bond motifs is 2. The van der Waals surface area contributed by atoms with Crippen LogP contribution in [0.15, 0.2) is 57.2 Å². The van der Waals surface area contributed by atoms with Crippen molar-refractivity contribution in [1.82, 2.24) is 0 Å². The first kappa shape index (κ1) is 13.2. The highest BCUT2D eigenvalue weighted by Crippen LogP contribution is 2.39. The number of nitrogens with one attached hydrogen (secondary N) is 1. The Morgan fingerprint density at radius 1 is 1.05 bits per heavy atom. The highest BCUT2D eigenvalue weighted by molar-refractivity contribution is 7.99. The molecule has 0 aliphatic carbocycles. The molecule has 0 saturated heterocycles. The van der Waals surface area contributed by atoms with Crippen molar-refractivity contribution in [3.63, 3.8) is 0 Å². The summed E-state index contributed by atoms with van der Waals surface area (Å²) in [6.07, 6.45) is 0. The summed E-state index contributed by atoms with van der Waals surface area (Å²) >= 11 is 1.41. The molecule has 1 aliphatic heterocycles. The fraction of sp³-hybridized carbons (Fsp3) is 0. The minimum absolute atomic E-state index is 0.0249. The van der Waals surface area contributed by atoms with Gasteiger partial charge in [0.15, 0.2) is 0 Å². The lowest BCUT2D eigenvalue weighted by Crippen LogP contribution is -2.14. The predicted molar refractivity (Wildman–Crippen MR) is 76.3 cm³/mol. The molecule has 3 rings (SSSR count). The van der Waals surface area contributed by atoms with E-state index in [0.717, 1.165) is 9.79 Å². The molecule has 0 spiro atoms. The van der Waals surface area contributed by atoms with E-state index in [4.69, 9.17) is 5.14 Å². The largest absolute Gasteiger partial charge is 0.321 e. The molecule has 7 heteroatoms. The molecule has 0 fully saturated rings. The molecule has 20 heavy (non-hydrogen) atoms. The third-order valence-electron chi connectivity index (χ3n) is 2.88. The van der Waals surface area contributed by atoms with Crippen LogP contribution in [0.4, 0.5) is 5.69 Å². The van der Waals surface area contributed by atoms with Crippen LogP contribution in [0.1, 0.15) is 10.4 Å². The third-order valence-corrected chi connectivity index (χ3v) is 4.94. The molecule has 3 N–H and O–H groups in total. The first-order valence-corrected chi connectivity index (χ1v) is 8.06. The van der Waals surface area contributed by atoms with Crippen LogP contribution >= 0.6 is 11.8 Å². The molecule has 0 bridgehead atoms. The molecular weight excluding hydrogens is 296 g/mol. The summed E-state index contributed by atoms with van der Waals surface area (Å²) in [4.78, 5) is 13.7. The van der Waals surface area contributed by atoms with E-state index in [1.54, 1.807) is 18.2 Å². The molecular formula is C13H10N2O3S2. The Balaban J connectivity index is 2.14. The van der Waals surface area contributed by atoms with Crippen molar-refractivity contribution in [3.8, 4) is 0 Å². The Kier molecular flexibility index (Phi) is 3.04. The first-order chi connectivity index (χ1) is 9.45. The number of anilines is 1. The maximum atomic E-state index is 12.1. The van der Waals surface area contributed by atoms with Crippen LogP contribution in [-0.4, -0.2) is 14.3 Å². The summed E-state index contributed by atoms with van der Waals surface area (Å²) in [5, 5.41) is 7.81. The minimum Gasteiger partial charge on any atom is -0.321 e. The smallest absolute Gasteiger partial charge is 0.256 e. The summed E-state index contributed by atoms with van der Waals surface area (Å²) in [7, 11) is -3.79. The van der Waals surface area contributed by atoms with E-state index in [-0.39, 0.29) is 10.8 Å². The van der Waals surface area contributed by atoms with Gasteiger partial charge in [-0.2, -0.15) is 0 Å². The maximum absolute atomic E-state index is 12.1. The monoisotopic (exact) mass is 306 g/mol. The summed E-state index contributed by atoms with van der Waals surface area (Å²) in [5.74, 6) is -0.265. The van der Waals surface area contributed by atoms with Crippen LogP contribution in [-0.2, 0) is 10.0 Å². The van der Waals surface area contributed by atoms with Crippen molar-refractivity contribution >= 4 is 33.4 Å². The summed E-state index contributed by atoms with van der Waals surface area (Å²) in [6, 6.07) is 11.7. The quantitative estimate of drug-likeness (QED) is 0.844. The summed E-state index contributed by atoms with van der Waals surface area (Å²) in [5.41, 5.74) is 1.01. The molecule has 5 nitrogen and oxygen atoms in total. The van der Waals surface area contributed by atoms with Gasteiger partial charge in [0.2, 0.25) is 10.0 Å². The molecule has 2 aromatic carbocycles. The van der Waals surface area contributed by atoms with Crippen molar-refractivity contribution in [1.29, 1.82) is 0 Å². The molecule has 0 unspecified atom stereocenters. The van der Waals surface area contributed by atoms with E-state index in [0.29, 0.717) is 11.3 Å². The number of hydrogen-bond acceptors (Lipinski definition) is 4. The average Bonchev–Trinajstić information content (AvgIpc) is 2.53. The van der Waals surface area contributed by atoms with E-state index in [1.807, 2.05) is 12.1 Å². The van der Waals surface area contributed by atoms with Gasteiger partial charge in [-0.25, -0.2) is 13.6 Å². The van der Waals surface area contributed by atoms with Crippen molar-refractivity contribution in [2.24, 2.45) is 5.14 Å². The highest BCUT2D eigenvalue weighted by atomic mass is 32.2. The molecule has 102 valence electrons. The van der Waals surface area contributed by atoms with Crippen molar-refractivity contribution in [3.05, 3.63) is 48.0 Å². The second kappa shape index (κ2) is 4.62. The summed E-state index contributed by atoms with van der Waals surface area (Å²) in [6.45, 7) is 0. The highest BCUT2D eigenvalue weighted by Gasteiger charge is 2.21. The second-order valence-corrected chi connectivity index (χ2v) is 6.90. The van der Waals surface area contributed by atoms with Crippen LogP contribution in [0.2, 0.25) is 0 Å². The van der Waals surface area contributed by atoms with Gasteiger partial charge in [0.05, 0.1) is 16.1 Å². The lowest BCUT2D eigenvalue weighted by molar-refractivity contribution is 0.102. The van der Waals surface area contributed by atoms with Gasteiger partial charge < -0.3 is 5.32 Å². The average molecular weight is 306 g/mol. The van der Waals surface area contributed by atoms with Crippen LogP contribution in [0, 0.1) is 0 Å². The number of primary sulfonamides is 1. The van der Waals surface area contributed by atoms with Crippen LogP contribution in [0.3, 0.4) is 0 Å². The number of sulfonamides is 1. The van der Waals surface area contributed by atoms with Crippen LogP contribution < -0.4 is 10.5 Å². The Hall–Kier alpha value is -1.83. The van der Waals surface area contributed by atoms with E-state index >= 15 is 0 Å². The van der Waals surface area contributed by atoms with Crippen LogP contribution in [0.25, 0.3) is 0 Å². The topological polar surface area (TPSA) is 89.3 Å². The first-order valence-electron chi connectivity index (χ1n) is 5.70. The fourth-order valence-electron chi connectivity index (χ4n) is 1.92. The lowest BCUT2D eigenvalue weighted by atomic mass is 10.2. The standard InChI is InChI=1S/C13H10N2O3S2/c14-20(17,18)8-5-6-12-10(7-8)15-13(16)9-3-1-2-4-11(9)19-12/h1-7H,(H,15,16)(H2,14,17,18). The molecule has 0 radical (unpaired) electrons. The van der Waals surface area contributed by atoms with E-state index in [2.05, 4.69) is 5.32 Å². The fourth-order valence-corrected chi connectivity index (χ4v) is 3.47. The Morgan fingerprint density at radius 2 is 1.80 bits per heavy atom. The molecule has 2 aromatic rings. The van der Waals surface area contributed by atoms with Crippen molar-refractivity contribution < 1.29 is 13.2 Å². The number of benzene rings is 2. The molecule has 0 atom stereocenters. The van der Waals surface area contributed by atoms with Gasteiger partial charge in [-0.1, -0.05) is 23.9 Å². The van der Waals surface area contributed by atoms with Crippen LogP contribution in [0.5, 0.6) is 0 Å². The Morgan fingerprint density at radius 3 is 2.55 bits per heavy atom. The van der Waals surface area contributed by atoms with Crippen molar-refractivity contribution in [2.45, 2.75) is 14.7 Å². The van der Waals surface area contributed by atoms with Gasteiger partial charge >= 0.3 is 0 Å². The molecule has 0 aromatic heterocycles. The number of carbonyl (C=O) groups excluding carboxylic acids is 1.